The van der Waals surface area contributed by atoms with Crippen LogP contribution in [0.25, 0.3) is 0 Å². The van der Waals surface area contributed by atoms with Gasteiger partial charge in [-0.1, -0.05) is 18.2 Å². The summed E-state index contributed by atoms with van der Waals surface area (Å²) in [6, 6.07) is 5.53. The van der Waals surface area contributed by atoms with Gasteiger partial charge >= 0.3 is 12.1 Å². The molecule has 1 aromatic rings. The summed E-state index contributed by atoms with van der Waals surface area (Å²) < 4.78 is 5.05. The third-order valence-corrected chi connectivity index (χ3v) is 2.67. The van der Waals surface area contributed by atoms with Crippen LogP contribution in [0.1, 0.15) is 31.9 Å². The van der Waals surface area contributed by atoms with Crippen molar-refractivity contribution < 1.29 is 19.4 Å². The minimum atomic E-state index is -1.17. The van der Waals surface area contributed by atoms with Crippen LogP contribution in [0, 0.1) is 5.41 Å². The van der Waals surface area contributed by atoms with E-state index in [0.29, 0.717) is 11.1 Å². The standard InChI is InChI=1S/C15H21N3O4.ClH/c1-15(2,3)22-14(21)18-11(13(19)20)8-9-5-4-6-10(7-9)12(16)17;/h4-7,11H,8H2,1-3H3,(H3,16,17)(H,18,21)(H,19,20);1H. The number of alkyl carbamates (subject to hydrolysis) is 1. The second-order valence-electron chi connectivity index (χ2n) is 5.86. The Hall–Kier alpha value is -2.28. The number of ether oxygens (including phenoxy) is 1. The number of rotatable bonds is 5. The summed E-state index contributed by atoms with van der Waals surface area (Å²) in [5, 5.41) is 18.9. The van der Waals surface area contributed by atoms with Gasteiger partial charge in [-0.3, -0.25) is 5.41 Å². The maximum Gasteiger partial charge on any atom is 0.408 e. The lowest BCUT2D eigenvalue weighted by atomic mass is 10.0. The number of nitrogens with two attached hydrogens (primary N) is 1. The minimum Gasteiger partial charge on any atom is -0.480 e. The SMILES string of the molecule is CC(C)(C)OC(=O)NC(Cc1cccc(C(=N)N)c1)C(=O)O.Cl. The Labute approximate surface area is 141 Å². The van der Waals surface area contributed by atoms with Gasteiger partial charge in [0.1, 0.15) is 17.5 Å². The van der Waals surface area contributed by atoms with E-state index in [4.69, 9.17) is 15.9 Å². The highest BCUT2D eigenvalue weighted by atomic mass is 35.5. The van der Waals surface area contributed by atoms with E-state index in [1.54, 1.807) is 45.0 Å². The number of carbonyl (C=O) groups is 2. The Morgan fingerprint density at radius 3 is 2.48 bits per heavy atom. The molecule has 1 aromatic carbocycles. The highest BCUT2D eigenvalue weighted by Crippen LogP contribution is 2.10. The molecule has 0 heterocycles. The zero-order valence-corrected chi connectivity index (χ0v) is 14.1. The Morgan fingerprint density at radius 2 is 2.00 bits per heavy atom. The van der Waals surface area contributed by atoms with Crippen molar-refractivity contribution in [3.8, 4) is 0 Å². The fourth-order valence-electron chi connectivity index (χ4n) is 1.75. The minimum absolute atomic E-state index is 0. The smallest absolute Gasteiger partial charge is 0.408 e. The van der Waals surface area contributed by atoms with Crippen LogP contribution in [0.4, 0.5) is 4.79 Å². The second-order valence-corrected chi connectivity index (χ2v) is 5.86. The molecule has 1 amide bonds. The van der Waals surface area contributed by atoms with Gasteiger partial charge < -0.3 is 20.9 Å². The van der Waals surface area contributed by atoms with Crippen LogP contribution in [-0.2, 0) is 16.0 Å². The first kappa shape index (κ1) is 20.7. The number of nitrogen functional groups attached to an aromatic ring is 1. The highest BCUT2D eigenvalue weighted by molar-refractivity contribution is 5.95. The Bertz CT molecular complexity index is 584. The average Bonchev–Trinajstić information content (AvgIpc) is 2.35. The van der Waals surface area contributed by atoms with Gasteiger partial charge in [-0.05, 0) is 32.4 Å². The molecule has 0 fully saturated rings. The van der Waals surface area contributed by atoms with Crippen LogP contribution in [-0.4, -0.2) is 34.6 Å². The Morgan fingerprint density at radius 1 is 1.39 bits per heavy atom. The Kier molecular flexibility index (Phi) is 7.55. The normalized spacial score (nSPS) is 11.8. The van der Waals surface area contributed by atoms with Crippen molar-refractivity contribution in [2.45, 2.75) is 38.8 Å². The van der Waals surface area contributed by atoms with Gasteiger partial charge in [0, 0.05) is 12.0 Å². The summed E-state index contributed by atoms with van der Waals surface area (Å²) in [4.78, 5) is 23.0. The zero-order valence-electron chi connectivity index (χ0n) is 13.3. The lowest BCUT2D eigenvalue weighted by Gasteiger charge is -2.22. The van der Waals surface area contributed by atoms with E-state index in [9.17, 15) is 14.7 Å². The van der Waals surface area contributed by atoms with E-state index in [1.165, 1.54) is 0 Å². The summed E-state index contributed by atoms with van der Waals surface area (Å²) in [5.41, 5.74) is 5.84. The number of halogens is 1. The topological polar surface area (TPSA) is 126 Å². The fourth-order valence-corrected chi connectivity index (χ4v) is 1.75. The van der Waals surface area contributed by atoms with Crippen LogP contribution in [0.3, 0.4) is 0 Å². The average molecular weight is 344 g/mol. The number of nitrogens with one attached hydrogen (secondary N) is 2. The first-order valence-electron chi connectivity index (χ1n) is 6.74. The number of aliphatic carboxylic acids is 1. The third-order valence-electron chi connectivity index (χ3n) is 2.67. The zero-order chi connectivity index (χ0) is 16.9. The molecule has 23 heavy (non-hydrogen) atoms. The van der Waals surface area contributed by atoms with Crippen LogP contribution >= 0.6 is 12.4 Å². The van der Waals surface area contributed by atoms with Crippen molar-refractivity contribution in [2.75, 3.05) is 0 Å². The first-order valence-corrected chi connectivity index (χ1v) is 6.74. The van der Waals surface area contributed by atoms with E-state index in [1.807, 2.05) is 0 Å². The fraction of sp³-hybridized carbons (Fsp3) is 0.400. The molecule has 0 spiro atoms. The molecule has 1 unspecified atom stereocenters. The Balaban J connectivity index is 0.00000484. The van der Waals surface area contributed by atoms with E-state index in [2.05, 4.69) is 5.32 Å². The summed E-state index contributed by atoms with van der Waals surface area (Å²) >= 11 is 0. The molecule has 0 saturated heterocycles. The first-order chi connectivity index (χ1) is 10.1. The molecule has 0 saturated carbocycles. The summed E-state index contributed by atoms with van der Waals surface area (Å²) in [6.07, 6.45) is -0.724. The van der Waals surface area contributed by atoms with E-state index >= 15 is 0 Å². The molecule has 7 nitrogen and oxygen atoms in total. The molecular formula is C15H22ClN3O4. The van der Waals surface area contributed by atoms with Gasteiger partial charge in [0.05, 0.1) is 0 Å². The third kappa shape index (κ3) is 7.51. The number of carbonyl (C=O) groups excluding carboxylic acids is 1. The lowest BCUT2D eigenvalue weighted by molar-refractivity contribution is -0.139. The molecule has 1 rings (SSSR count). The van der Waals surface area contributed by atoms with Crippen molar-refractivity contribution in [3.63, 3.8) is 0 Å². The molecular weight excluding hydrogens is 322 g/mol. The van der Waals surface area contributed by atoms with Gasteiger partial charge in [0.25, 0.3) is 0 Å². The number of amidine groups is 1. The monoisotopic (exact) mass is 343 g/mol. The number of benzene rings is 1. The van der Waals surface area contributed by atoms with Gasteiger partial charge in [0.2, 0.25) is 0 Å². The quantitative estimate of drug-likeness (QED) is 0.480. The van der Waals surface area contributed by atoms with Crippen LogP contribution in [0.2, 0.25) is 0 Å². The molecule has 0 aromatic heterocycles. The largest absolute Gasteiger partial charge is 0.480 e. The second kappa shape index (κ2) is 8.38. The molecule has 0 aliphatic heterocycles. The van der Waals surface area contributed by atoms with Crippen molar-refractivity contribution in [3.05, 3.63) is 35.4 Å². The number of hydrogen-bond acceptors (Lipinski definition) is 4. The molecule has 1 atom stereocenters. The predicted octanol–water partition coefficient (Wildman–Crippen LogP) is 1.91. The lowest BCUT2D eigenvalue weighted by Crippen LogP contribution is -2.44. The van der Waals surface area contributed by atoms with E-state index in [0.717, 1.165) is 0 Å². The molecule has 0 bridgehead atoms. The molecule has 0 radical (unpaired) electrons. The predicted molar refractivity (Wildman–Crippen MR) is 89.2 cm³/mol. The number of amides is 1. The summed E-state index contributed by atoms with van der Waals surface area (Å²) in [6.45, 7) is 5.08. The van der Waals surface area contributed by atoms with Gasteiger partial charge in [-0.15, -0.1) is 12.4 Å². The molecule has 128 valence electrons. The molecule has 5 N–H and O–H groups in total. The molecule has 0 aliphatic carbocycles. The molecule has 0 aliphatic rings. The van der Waals surface area contributed by atoms with Crippen molar-refractivity contribution in [1.82, 2.24) is 5.32 Å². The van der Waals surface area contributed by atoms with Crippen molar-refractivity contribution in [1.29, 1.82) is 5.41 Å². The molecule has 8 heteroatoms. The van der Waals surface area contributed by atoms with Crippen molar-refractivity contribution in [2.24, 2.45) is 5.73 Å². The van der Waals surface area contributed by atoms with E-state index in [-0.39, 0.29) is 24.7 Å². The maximum absolute atomic E-state index is 11.7. The highest BCUT2D eigenvalue weighted by Gasteiger charge is 2.24. The number of carboxylic acids is 1. The number of hydrogen-bond donors (Lipinski definition) is 4. The van der Waals surface area contributed by atoms with Crippen molar-refractivity contribution >= 4 is 30.3 Å². The van der Waals surface area contributed by atoms with Gasteiger partial charge in [-0.2, -0.15) is 0 Å². The van der Waals surface area contributed by atoms with Gasteiger partial charge in [-0.25, -0.2) is 9.59 Å². The van der Waals surface area contributed by atoms with E-state index < -0.39 is 23.7 Å². The maximum atomic E-state index is 11.7. The number of carboxylic acid groups (broad SMARTS) is 1. The van der Waals surface area contributed by atoms with Gasteiger partial charge in [0.15, 0.2) is 0 Å². The summed E-state index contributed by atoms with van der Waals surface area (Å²) in [5.74, 6) is -1.27. The van der Waals surface area contributed by atoms with Crippen LogP contribution < -0.4 is 11.1 Å². The summed E-state index contributed by atoms with van der Waals surface area (Å²) in [7, 11) is 0. The van der Waals surface area contributed by atoms with Crippen LogP contribution in [0.5, 0.6) is 0 Å². The van der Waals surface area contributed by atoms with Crippen LogP contribution in [0.15, 0.2) is 24.3 Å².